The number of nitrogens with one attached hydrogen (secondary N) is 1. The summed E-state index contributed by atoms with van der Waals surface area (Å²) in [4.78, 5) is 29.4. The lowest BCUT2D eigenvalue weighted by molar-refractivity contribution is -0.136. The molecule has 2 rings (SSSR count). The number of amidine groups is 1. The Morgan fingerprint density at radius 2 is 2.22 bits per heavy atom. The van der Waals surface area contributed by atoms with Gasteiger partial charge in [-0.25, -0.2) is 0 Å². The average Bonchev–Trinajstić information content (AvgIpc) is 2.80. The summed E-state index contributed by atoms with van der Waals surface area (Å²) in [6, 6.07) is -0.755. The molecule has 1 N–H and O–H groups in total. The lowest BCUT2D eigenvalue weighted by atomic mass is 10.1. The van der Waals surface area contributed by atoms with E-state index >= 15 is 0 Å². The first-order valence-electron chi connectivity index (χ1n) is 6.54. The maximum absolute atomic E-state index is 12.1. The molecule has 0 radical (unpaired) electrons. The molecule has 6 heteroatoms. The first-order chi connectivity index (χ1) is 8.74. The van der Waals surface area contributed by atoms with Crippen molar-refractivity contribution in [2.45, 2.75) is 38.6 Å². The van der Waals surface area contributed by atoms with E-state index in [1.54, 1.807) is 4.90 Å². The standard InChI is InChI=1S/C12H19N3O2S/c1-2-3-4-5-6-13-9-10(16)14-12-15(11(9)17)7-8-18-12/h9,13H,2-8H2,1H3. The smallest absolute Gasteiger partial charge is 0.274 e. The third-order valence-electron chi connectivity index (χ3n) is 3.12. The zero-order valence-corrected chi connectivity index (χ0v) is 11.5. The van der Waals surface area contributed by atoms with Crippen molar-refractivity contribution in [3.05, 3.63) is 0 Å². The number of unbranched alkanes of at least 4 members (excludes halogenated alkanes) is 3. The zero-order valence-electron chi connectivity index (χ0n) is 10.6. The third kappa shape index (κ3) is 2.92. The molecule has 1 saturated heterocycles. The molecule has 0 aromatic heterocycles. The molecule has 1 unspecified atom stereocenters. The number of rotatable bonds is 6. The molecule has 0 aromatic carbocycles. The highest BCUT2D eigenvalue weighted by Gasteiger charge is 2.39. The molecule has 1 atom stereocenters. The van der Waals surface area contributed by atoms with Gasteiger partial charge in [-0.3, -0.25) is 19.8 Å². The van der Waals surface area contributed by atoms with E-state index in [2.05, 4.69) is 17.2 Å². The molecule has 18 heavy (non-hydrogen) atoms. The van der Waals surface area contributed by atoms with Crippen LogP contribution in [0.3, 0.4) is 0 Å². The van der Waals surface area contributed by atoms with Gasteiger partial charge in [0.05, 0.1) is 0 Å². The number of fused-ring (bicyclic) bond motifs is 1. The molecule has 2 heterocycles. The van der Waals surface area contributed by atoms with Gasteiger partial charge in [-0.2, -0.15) is 4.99 Å². The van der Waals surface area contributed by atoms with Gasteiger partial charge in [0.25, 0.3) is 11.8 Å². The number of hydrogen-bond donors (Lipinski definition) is 1. The zero-order chi connectivity index (χ0) is 13.0. The average molecular weight is 269 g/mol. The summed E-state index contributed by atoms with van der Waals surface area (Å²) in [6.07, 6.45) is 4.50. The highest BCUT2D eigenvalue weighted by molar-refractivity contribution is 8.14. The Bertz CT molecular complexity index is 370. The lowest BCUT2D eigenvalue weighted by Crippen LogP contribution is -2.54. The van der Waals surface area contributed by atoms with Crippen LogP contribution in [0.4, 0.5) is 0 Å². The second-order valence-corrected chi connectivity index (χ2v) is 5.58. The summed E-state index contributed by atoms with van der Waals surface area (Å²) in [5.41, 5.74) is 0. The molecule has 2 aliphatic rings. The molecular weight excluding hydrogens is 250 g/mol. The molecule has 0 saturated carbocycles. The Morgan fingerprint density at radius 1 is 1.39 bits per heavy atom. The summed E-state index contributed by atoms with van der Waals surface area (Å²) in [6.45, 7) is 3.53. The van der Waals surface area contributed by atoms with Crippen molar-refractivity contribution in [3.63, 3.8) is 0 Å². The molecule has 0 aliphatic carbocycles. The van der Waals surface area contributed by atoms with E-state index in [0.717, 1.165) is 18.6 Å². The predicted octanol–water partition coefficient (Wildman–Crippen LogP) is 0.996. The van der Waals surface area contributed by atoms with Gasteiger partial charge in [0.1, 0.15) is 0 Å². The number of nitrogens with zero attached hydrogens (tertiary/aromatic N) is 2. The van der Waals surface area contributed by atoms with Gasteiger partial charge in [-0.05, 0) is 13.0 Å². The Morgan fingerprint density at radius 3 is 3.00 bits per heavy atom. The number of carbonyl (C=O) groups excluding carboxylic acids is 2. The van der Waals surface area contributed by atoms with Gasteiger partial charge in [-0.15, -0.1) is 0 Å². The van der Waals surface area contributed by atoms with Gasteiger partial charge >= 0.3 is 0 Å². The molecule has 2 aliphatic heterocycles. The molecule has 0 aromatic rings. The first-order valence-corrected chi connectivity index (χ1v) is 7.52. The fourth-order valence-electron chi connectivity index (χ4n) is 2.09. The van der Waals surface area contributed by atoms with Crippen LogP contribution < -0.4 is 5.32 Å². The summed E-state index contributed by atoms with van der Waals surface area (Å²) in [5, 5.41) is 3.61. The van der Waals surface area contributed by atoms with Crippen LogP contribution >= 0.6 is 11.8 Å². The number of hydrogen-bond acceptors (Lipinski definition) is 4. The van der Waals surface area contributed by atoms with Crippen LogP contribution in [0.2, 0.25) is 0 Å². The topological polar surface area (TPSA) is 61.8 Å². The Labute approximate surface area is 111 Å². The van der Waals surface area contributed by atoms with E-state index in [4.69, 9.17) is 0 Å². The molecule has 5 nitrogen and oxygen atoms in total. The summed E-state index contributed by atoms with van der Waals surface area (Å²) in [5.74, 6) is 0.364. The van der Waals surface area contributed by atoms with E-state index in [9.17, 15) is 9.59 Å². The van der Waals surface area contributed by atoms with Crippen molar-refractivity contribution in [2.24, 2.45) is 4.99 Å². The van der Waals surface area contributed by atoms with E-state index in [0.29, 0.717) is 18.3 Å². The minimum absolute atomic E-state index is 0.134. The van der Waals surface area contributed by atoms with Crippen molar-refractivity contribution in [1.82, 2.24) is 10.2 Å². The van der Waals surface area contributed by atoms with Gasteiger partial charge in [0.15, 0.2) is 11.2 Å². The SMILES string of the molecule is CCCCCCNC1C(=O)N=C2SCCN2C1=O. The molecule has 0 spiro atoms. The van der Waals surface area contributed by atoms with Crippen LogP contribution in [0.25, 0.3) is 0 Å². The van der Waals surface area contributed by atoms with Crippen LogP contribution in [0.1, 0.15) is 32.6 Å². The Hall–Kier alpha value is -0.880. The van der Waals surface area contributed by atoms with Crippen molar-refractivity contribution >= 4 is 28.7 Å². The summed E-state index contributed by atoms with van der Waals surface area (Å²) >= 11 is 1.48. The van der Waals surface area contributed by atoms with Gasteiger partial charge in [0, 0.05) is 12.3 Å². The minimum Gasteiger partial charge on any atom is -0.298 e. The quantitative estimate of drug-likeness (QED) is 0.577. The van der Waals surface area contributed by atoms with Crippen LogP contribution in [0.15, 0.2) is 4.99 Å². The predicted molar refractivity (Wildman–Crippen MR) is 72.5 cm³/mol. The Kier molecular flexibility index (Phi) is 4.77. The summed E-state index contributed by atoms with van der Waals surface area (Å²) < 4.78 is 0. The van der Waals surface area contributed by atoms with Crippen LogP contribution in [0.5, 0.6) is 0 Å². The number of aliphatic imine (C=N–C) groups is 1. The van der Waals surface area contributed by atoms with E-state index in [-0.39, 0.29) is 11.8 Å². The van der Waals surface area contributed by atoms with Crippen LogP contribution in [-0.2, 0) is 9.59 Å². The van der Waals surface area contributed by atoms with Crippen LogP contribution in [0, 0.1) is 0 Å². The summed E-state index contributed by atoms with van der Waals surface area (Å²) in [7, 11) is 0. The fourth-order valence-corrected chi connectivity index (χ4v) is 3.04. The monoisotopic (exact) mass is 269 g/mol. The van der Waals surface area contributed by atoms with Gasteiger partial charge in [-0.1, -0.05) is 37.9 Å². The number of thioether (sulfide) groups is 1. The third-order valence-corrected chi connectivity index (χ3v) is 4.08. The van der Waals surface area contributed by atoms with Crippen LogP contribution in [-0.4, -0.2) is 46.8 Å². The number of carbonyl (C=O) groups is 2. The second kappa shape index (κ2) is 6.33. The van der Waals surface area contributed by atoms with E-state index in [1.165, 1.54) is 24.6 Å². The largest absolute Gasteiger partial charge is 0.298 e. The Balaban J connectivity index is 1.85. The first kappa shape index (κ1) is 13.5. The van der Waals surface area contributed by atoms with Crippen molar-refractivity contribution in [3.8, 4) is 0 Å². The van der Waals surface area contributed by atoms with Crippen molar-refractivity contribution < 1.29 is 9.59 Å². The molecule has 100 valence electrons. The highest BCUT2D eigenvalue weighted by atomic mass is 32.2. The van der Waals surface area contributed by atoms with Gasteiger partial charge in [0.2, 0.25) is 0 Å². The second-order valence-electron chi connectivity index (χ2n) is 4.52. The van der Waals surface area contributed by atoms with E-state index < -0.39 is 6.04 Å². The minimum atomic E-state index is -0.755. The lowest BCUT2D eigenvalue weighted by Gasteiger charge is -2.25. The fraction of sp³-hybridized carbons (Fsp3) is 0.750. The number of amides is 2. The molecule has 0 bridgehead atoms. The highest BCUT2D eigenvalue weighted by Crippen LogP contribution is 2.22. The van der Waals surface area contributed by atoms with Gasteiger partial charge < -0.3 is 0 Å². The maximum Gasteiger partial charge on any atom is 0.274 e. The molecule has 2 amide bonds. The normalized spacial score (nSPS) is 23.3. The van der Waals surface area contributed by atoms with E-state index in [1.807, 2.05) is 0 Å². The molecular formula is C12H19N3O2S. The molecule has 1 fully saturated rings. The maximum atomic E-state index is 12.1. The van der Waals surface area contributed by atoms with Crippen molar-refractivity contribution in [2.75, 3.05) is 18.8 Å². The van der Waals surface area contributed by atoms with Crippen molar-refractivity contribution in [1.29, 1.82) is 0 Å².